The van der Waals surface area contributed by atoms with Crippen molar-refractivity contribution in [3.63, 3.8) is 0 Å². The Morgan fingerprint density at radius 3 is 2.34 bits per heavy atom. The van der Waals surface area contributed by atoms with Gasteiger partial charge in [0, 0.05) is 25.2 Å². The summed E-state index contributed by atoms with van der Waals surface area (Å²) in [5, 5.41) is 0. The number of primary amides is 1. The highest BCUT2D eigenvalue weighted by molar-refractivity contribution is 6.02. The first kappa shape index (κ1) is 21.7. The number of hydrogen-bond donors (Lipinski definition) is 1. The van der Waals surface area contributed by atoms with Gasteiger partial charge >= 0.3 is 5.69 Å². The summed E-state index contributed by atoms with van der Waals surface area (Å²) in [7, 11) is 0. The van der Waals surface area contributed by atoms with Gasteiger partial charge in [-0.2, -0.15) is 0 Å². The Bertz CT molecular complexity index is 1230. The number of nitrogens with zero attached hydrogens (tertiary/aromatic N) is 5. The molecule has 1 aliphatic rings. The zero-order valence-corrected chi connectivity index (χ0v) is 18.7. The summed E-state index contributed by atoms with van der Waals surface area (Å²) in [6.07, 6.45) is 1.87. The van der Waals surface area contributed by atoms with Crippen LogP contribution in [0, 0.1) is 12.8 Å². The molecule has 168 valence electrons. The third-order valence-corrected chi connectivity index (χ3v) is 6.14. The van der Waals surface area contributed by atoms with Gasteiger partial charge in [0.05, 0.1) is 0 Å². The summed E-state index contributed by atoms with van der Waals surface area (Å²) in [6, 6.07) is 7.55. The second-order valence-electron chi connectivity index (χ2n) is 8.47. The molecule has 2 aromatic heterocycles. The van der Waals surface area contributed by atoms with Crippen LogP contribution in [0.3, 0.4) is 0 Å². The Kier molecular flexibility index (Phi) is 5.82. The number of imidazole rings is 1. The van der Waals surface area contributed by atoms with E-state index in [1.165, 1.54) is 9.13 Å². The molecule has 0 spiro atoms. The molecule has 0 saturated carbocycles. The molecule has 3 heterocycles. The van der Waals surface area contributed by atoms with Gasteiger partial charge in [0.25, 0.3) is 5.91 Å². The quantitative estimate of drug-likeness (QED) is 0.656. The molecule has 1 aliphatic heterocycles. The third kappa shape index (κ3) is 3.90. The number of likely N-dealkylation sites (tertiary alicyclic amines) is 1. The zero-order chi connectivity index (χ0) is 23.0. The number of carbonyl (C=O) groups excluding carboxylic acids is 2. The van der Waals surface area contributed by atoms with Crippen molar-refractivity contribution < 1.29 is 9.59 Å². The van der Waals surface area contributed by atoms with Crippen LogP contribution in [0.25, 0.3) is 22.6 Å². The fraction of sp³-hybridized carbons (Fsp3) is 0.435. The van der Waals surface area contributed by atoms with Crippen LogP contribution in [0.15, 0.2) is 29.1 Å². The number of aromatic nitrogens is 4. The molecule has 0 atom stereocenters. The molecule has 0 bridgehead atoms. The molecule has 1 fully saturated rings. The average Bonchev–Trinajstić information content (AvgIpc) is 3.04. The predicted molar refractivity (Wildman–Crippen MR) is 121 cm³/mol. The first-order valence-electron chi connectivity index (χ1n) is 11.0. The van der Waals surface area contributed by atoms with Gasteiger partial charge in [0.15, 0.2) is 17.2 Å². The smallest absolute Gasteiger partial charge is 0.330 e. The molecule has 0 unspecified atom stereocenters. The average molecular weight is 437 g/mol. The second-order valence-corrected chi connectivity index (χ2v) is 8.47. The summed E-state index contributed by atoms with van der Waals surface area (Å²) in [5.74, 6) is -0.0416. The van der Waals surface area contributed by atoms with Crippen LogP contribution in [0.2, 0.25) is 0 Å². The Morgan fingerprint density at radius 1 is 1.09 bits per heavy atom. The van der Waals surface area contributed by atoms with Gasteiger partial charge < -0.3 is 10.6 Å². The number of fused-ring (bicyclic) bond motifs is 1. The maximum absolute atomic E-state index is 13.2. The Morgan fingerprint density at radius 2 is 1.75 bits per heavy atom. The lowest BCUT2D eigenvalue weighted by atomic mass is 9.99. The van der Waals surface area contributed by atoms with Crippen molar-refractivity contribution >= 4 is 23.0 Å². The summed E-state index contributed by atoms with van der Waals surface area (Å²) in [6.45, 7) is 7.44. The first-order chi connectivity index (χ1) is 15.3. The molecule has 3 aromatic rings. The van der Waals surface area contributed by atoms with E-state index < -0.39 is 11.6 Å². The molecule has 1 aromatic carbocycles. The minimum atomic E-state index is -0.771. The van der Waals surface area contributed by atoms with Gasteiger partial charge in [-0.05, 0) is 32.6 Å². The lowest BCUT2D eigenvalue weighted by Crippen LogP contribution is -2.41. The molecule has 9 nitrogen and oxygen atoms in total. The maximum atomic E-state index is 13.2. The number of carbonyl (C=O) groups is 2. The zero-order valence-electron chi connectivity index (χ0n) is 18.7. The van der Waals surface area contributed by atoms with Gasteiger partial charge in [-0.15, -0.1) is 0 Å². The molecule has 2 amide bonds. The van der Waals surface area contributed by atoms with Crippen LogP contribution in [0.5, 0.6) is 0 Å². The van der Waals surface area contributed by atoms with Crippen molar-refractivity contribution in [3.05, 3.63) is 46.0 Å². The van der Waals surface area contributed by atoms with Crippen molar-refractivity contribution in [1.82, 2.24) is 24.0 Å². The van der Waals surface area contributed by atoms with Crippen LogP contribution >= 0.6 is 0 Å². The molecule has 0 radical (unpaired) electrons. The number of hydrogen-bond acceptors (Lipinski definition) is 5. The van der Waals surface area contributed by atoms with Crippen molar-refractivity contribution in [2.75, 3.05) is 13.1 Å². The monoisotopic (exact) mass is 436 g/mol. The maximum Gasteiger partial charge on any atom is 0.330 e. The van der Waals surface area contributed by atoms with Crippen LogP contribution in [-0.4, -0.2) is 48.9 Å². The molecule has 1 saturated heterocycles. The summed E-state index contributed by atoms with van der Waals surface area (Å²) in [5.41, 5.74) is 7.49. The van der Waals surface area contributed by atoms with E-state index in [1.807, 2.05) is 38.1 Å². The van der Waals surface area contributed by atoms with Crippen LogP contribution in [-0.2, 0) is 17.9 Å². The number of amides is 2. The molecule has 4 rings (SSSR count). The van der Waals surface area contributed by atoms with Crippen LogP contribution < -0.4 is 11.4 Å². The van der Waals surface area contributed by atoms with E-state index in [4.69, 9.17) is 5.73 Å². The van der Waals surface area contributed by atoms with Gasteiger partial charge in [-0.25, -0.2) is 14.8 Å². The summed E-state index contributed by atoms with van der Waals surface area (Å²) < 4.78 is 2.74. The topological polar surface area (TPSA) is 116 Å². The fourth-order valence-electron chi connectivity index (χ4n) is 4.14. The number of rotatable bonds is 5. The minimum absolute atomic E-state index is 0.0602. The van der Waals surface area contributed by atoms with Gasteiger partial charge in [-0.1, -0.05) is 36.8 Å². The lowest BCUT2D eigenvalue weighted by Gasteiger charge is -2.30. The summed E-state index contributed by atoms with van der Waals surface area (Å²) in [4.78, 5) is 49.3. The largest absolute Gasteiger partial charge is 0.364 e. The highest BCUT2D eigenvalue weighted by Crippen LogP contribution is 2.23. The van der Waals surface area contributed by atoms with Crippen LogP contribution in [0.4, 0.5) is 0 Å². The summed E-state index contributed by atoms with van der Waals surface area (Å²) >= 11 is 0. The van der Waals surface area contributed by atoms with Gasteiger partial charge in [0.2, 0.25) is 5.91 Å². The number of nitrogens with two attached hydrogens (primary N) is 1. The van der Waals surface area contributed by atoms with E-state index in [1.54, 1.807) is 4.90 Å². The number of benzene rings is 1. The molecular weight excluding hydrogens is 408 g/mol. The Balaban J connectivity index is 1.84. The van der Waals surface area contributed by atoms with Crippen molar-refractivity contribution in [3.8, 4) is 11.4 Å². The Labute approximate surface area is 185 Å². The third-order valence-electron chi connectivity index (χ3n) is 6.14. The highest BCUT2D eigenvalue weighted by Gasteiger charge is 2.26. The van der Waals surface area contributed by atoms with Crippen molar-refractivity contribution in [2.24, 2.45) is 11.7 Å². The molecular formula is C23H28N6O3. The number of piperidine rings is 1. The Hall–Kier alpha value is -3.49. The van der Waals surface area contributed by atoms with E-state index in [2.05, 4.69) is 16.9 Å². The first-order valence-corrected chi connectivity index (χ1v) is 11.0. The normalized spacial score (nSPS) is 14.8. The molecule has 32 heavy (non-hydrogen) atoms. The SMILES string of the molecule is CCn1c(=O)n(CC(=O)N2CCC(C)CC2)c2c(C(N)=O)nc(-c3ccc(C)cc3)nc21. The number of aryl methyl sites for hydroxylation is 2. The fourth-order valence-corrected chi connectivity index (χ4v) is 4.14. The lowest BCUT2D eigenvalue weighted by molar-refractivity contribution is -0.133. The van der Waals surface area contributed by atoms with Crippen molar-refractivity contribution in [1.29, 1.82) is 0 Å². The van der Waals surface area contributed by atoms with E-state index in [0.717, 1.165) is 18.4 Å². The second kappa shape index (κ2) is 8.57. The van der Waals surface area contributed by atoms with E-state index in [-0.39, 0.29) is 23.7 Å². The highest BCUT2D eigenvalue weighted by atomic mass is 16.2. The minimum Gasteiger partial charge on any atom is -0.364 e. The van der Waals surface area contributed by atoms with Crippen LogP contribution in [0.1, 0.15) is 42.7 Å². The van der Waals surface area contributed by atoms with E-state index in [0.29, 0.717) is 42.6 Å². The molecule has 0 aliphatic carbocycles. The van der Waals surface area contributed by atoms with Gasteiger partial charge in [-0.3, -0.25) is 18.7 Å². The van der Waals surface area contributed by atoms with Crippen molar-refractivity contribution in [2.45, 2.75) is 46.7 Å². The van der Waals surface area contributed by atoms with E-state index in [9.17, 15) is 14.4 Å². The van der Waals surface area contributed by atoms with E-state index >= 15 is 0 Å². The standard InChI is InChI=1S/C23H28N6O3/c1-4-28-22-19(29(23(28)32)13-17(30)27-11-9-15(3)10-12-27)18(20(24)31)25-21(26-22)16-7-5-14(2)6-8-16/h5-8,15H,4,9-13H2,1-3H3,(H2,24,31). The van der Waals surface area contributed by atoms with Gasteiger partial charge in [0.1, 0.15) is 12.1 Å². The predicted octanol–water partition coefficient (Wildman–Crippen LogP) is 1.95. The molecule has 2 N–H and O–H groups in total. The molecule has 9 heteroatoms.